The number of nitrogens with two attached hydrogens (primary N) is 1. The molecule has 1 aromatic heterocycles. The first-order chi connectivity index (χ1) is 14.5. The molecule has 30 heavy (non-hydrogen) atoms. The Morgan fingerprint density at radius 3 is 2.43 bits per heavy atom. The highest BCUT2D eigenvalue weighted by molar-refractivity contribution is 9.10. The quantitative estimate of drug-likeness (QED) is 0.530. The van der Waals surface area contributed by atoms with E-state index < -0.39 is 6.03 Å². The van der Waals surface area contributed by atoms with E-state index in [1.807, 2.05) is 48.5 Å². The van der Waals surface area contributed by atoms with Crippen molar-refractivity contribution >= 4 is 38.8 Å². The van der Waals surface area contributed by atoms with Crippen LogP contribution in [0.2, 0.25) is 0 Å². The van der Waals surface area contributed by atoms with Crippen LogP contribution in [0, 0.1) is 0 Å². The number of benzene rings is 2. The molecule has 0 spiro atoms. The molecule has 3 amide bonds. The summed E-state index contributed by atoms with van der Waals surface area (Å²) in [5, 5.41) is 2.03. The standard InChI is InChI=1S/C23H23BrN4O2/c24-16-12-10-15(11-13-16)21-14-19(18-8-4-5-9-20(18)26-21)22(29)27-28(23(25)30)17-6-2-1-3-7-17/h4-5,8-14,17H,1-3,6-7H2,(H2,25,30)(H,27,29). The Morgan fingerprint density at radius 1 is 1.03 bits per heavy atom. The number of fused-ring (bicyclic) bond motifs is 1. The van der Waals surface area contributed by atoms with Gasteiger partial charge in [-0.15, -0.1) is 0 Å². The minimum atomic E-state index is -0.637. The van der Waals surface area contributed by atoms with Crippen LogP contribution in [0.3, 0.4) is 0 Å². The average Bonchev–Trinajstić information content (AvgIpc) is 2.77. The number of halogens is 1. The zero-order valence-corrected chi connectivity index (χ0v) is 18.1. The van der Waals surface area contributed by atoms with Crippen LogP contribution in [-0.4, -0.2) is 28.0 Å². The van der Waals surface area contributed by atoms with Gasteiger partial charge in [0.15, 0.2) is 0 Å². The number of carbonyl (C=O) groups is 2. The summed E-state index contributed by atoms with van der Waals surface area (Å²) in [6, 6.07) is 16.3. The number of primary amides is 1. The van der Waals surface area contributed by atoms with Gasteiger partial charge in [-0.2, -0.15) is 0 Å². The molecule has 0 unspecified atom stereocenters. The molecule has 0 aliphatic heterocycles. The van der Waals surface area contributed by atoms with Crippen molar-refractivity contribution in [3.8, 4) is 11.3 Å². The van der Waals surface area contributed by atoms with E-state index in [1.165, 1.54) is 5.01 Å². The van der Waals surface area contributed by atoms with E-state index in [0.717, 1.165) is 47.5 Å². The summed E-state index contributed by atoms with van der Waals surface area (Å²) in [4.78, 5) is 30.0. The molecular formula is C23H23BrN4O2. The predicted molar refractivity (Wildman–Crippen MR) is 121 cm³/mol. The van der Waals surface area contributed by atoms with Crippen molar-refractivity contribution in [1.82, 2.24) is 15.4 Å². The zero-order valence-electron chi connectivity index (χ0n) is 16.5. The first-order valence-electron chi connectivity index (χ1n) is 10.1. The lowest BCUT2D eigenvalue weighted by Gasteiger charge is -2.33. The SMILES string of the molecule is NC(=O)N(NC(=O)c1cc(-c2ccc(Br)cc2)nc2ccccc12)C1CCCCC1. The molecule has 6 nitrogen and oxygen atoms in total. The molecule has 0 saturated heterocycles. The van der Waals surface area contributed by atoms with E-state index in [-0.39, 0.29) is 11.9 Å². The van der Waals surface area contributed by atoms with E-state index >= 15 is 0 Å². The predicted octanol–water partition coefficient (Wildman–Crippen LogP) is 5.02. The molecule has 0 radical (unpaired) electrons. The van der Waals surface area contributed by atoms with Crippen LogP contribution in [0.25, 0.3) is 22.2 Å². The summed E-state index contributed by atoms with van der Waals surface area (Å²) in [6.45, 7) is 0. The van der Waals surface area contributed by atoms with Crippen molar-refractivity contribution in [2.45, 2.75) is 38.1 Å². The van der Waals surface area contributed by atoms with Gasteiger partial charge in [-0.05, 0) is 37.1 Å². The van der Waals surface area contributed by atoms with Crippen LogP contribution in [0.5, 0.6) is 0 Å². The lowest BCUT2D eigenvalue weighted by Crippen LogP contribution is -2.54. The number of rotatable bonds is 3. The molecular weight excluding hydrogens is 444 g/mol. The van der Waals surface area contributed by atoms with Gasteiger partial charge in [0, 0.05) is 15.4 Å². The lowest BCUT2D eigenvalue weighted by molar-refractivity contribution is 0.0733. The van der Waals surface area contributed by atoms with E-state index in [9.17, 15) is 9.59 Å². The van der Waals surface area contributed by atoms with Gasteiger partial charge in [0.25, 0.3) is 5.91 Å². The highest BCUT2D eigenvalue weighted by Crippen LogP contribution is 2.27. The molecule has 4 rings (SSSR count). The summed E-state index contributed by atoms with van der Waals surface area (Å²) in [6.07, 6.45) is 4.87. The molecule has 0 bridgehead atoms. The number of aromatic nitrogens is 1. The molecule has 1 aliphatic rings. The van der Waals surface area contributed by atoms with Crippen molar-refractivity contribution in [2.75, 3.05) is 0 Å². The third-order valence-electron chi connectivity index (χ3n) is 5.50. The first-order valence-corrected chi connectivity index (χ1v) is 10.9. The van der Waals surface area contributed by atoms with Gasteiger partial charge in [-0.3, -0.25) is 10.2 Å². The van der Waals surface area contributed by atoms with Crippen LogP contribution in [-0.2, 0) is 0 Å². The van der Waals surface area contributed by atoms with Crippen molar-refractivity contribution in [2.24, 2.45) is 5.73 Å². The number of amides is 3. The van der Waals surface area contributed by atoms with Crippen LogP contribution < -0.4 is 11.2 Å². The van der Waals surface area contributed by atoms with Crippen LogP contribution in [0.15, 0.2) is 59.1 Å². The van der Waals surface area contributed by atoms with E-state index in [4.69, 9.17) is 10.7 Å². The number of pyridine rings is 1. The fourth-order valence-corrected chi connectivity index (χ4v) is 4.23. The van der Waals surface area contributed by atoms with Gasteiger partial charge >= 0.3 is 6.03 Å². The zero-order chi connectivity index (χ0) is 21.1. The monoisotopic (exact) mass is 466 g/mol. The Hall–Kier alpha value is -2.93. The highest BCUT2D eigenvalue weighted by Gasteiger charge is 2.26. The minimum Gasteiger partial charge on any atom is -0.350 e. The van der Waals surface area contributed by atoms with Crippen molar-refractivity contribution < 1.29 is 9.59 Å². The maximum Gasteiger partial charge on any atom is 0.333 e. The summed E-state index contributed by atoms with van der Waals surface area (Å²) in [5.41, 5.74) is 11.1. The normalized spacial score (nSPS) is 14.4. The number of nitrogens with one attached hydrogen (secondary N) is 1. The Bertz CT molecular complexity index is 1080. The Kier molecular flexibility index (Phi) is 5.99. The van der Waals surface area contributed by atoms with Crippen LogP contribution in [0.4, 0.5) is 4.79 Å². The summed E-state index contributed by atoms with van der Waals surface area (Å²) < 4.78 is 0.967. The smallest absolute Gasteiger partial charge is 0.333 e. The number of hydrazine groups is 1. The fraction of sp³-hybridized carbons (Fsp3) is 0.261. The molecule has 1 fully saturated rings. The summed E-state index contributed by atoms with van der Waals surface area (Å²) in [5.74, 6) is -0.365. The van der Waals surface area contributed by atoms with E-state index in [0.29, 0.717) is 16.8 Å². The highest BCUT2D eigenvalue weighted by atomic mass is 79.9. The number of hydrogen-bond donors (Lipinski definition) is 2. The van der Waals surface area contributed by atoms with Gasteiger partial charge < -0.3 is 5.73 Å². The Labute approximate surface area is 183 Å². The van der Waals surface area contributed by atoms with Crippen LogP contribution >= 0.6 is 15.9 Å². The molecule has 1 aliphatic carbocycles. The summed E-state index contributed by atoms with van der Waals surface area (Å²) >= 11 is 3.44. The van der Waals surface area contributed by atoms with E-state index in [1.54, 1.807) is 6.07 Å². The van der Waals surface area contributed by atoms with Gasteiger partial charge in [-0.25, -0.2) is 14.8 Å². The van der Waals surface area contributed by atoms with Crippen LogP contribution in [0.1, 0.15) is 42.5 Å². The second kappa shape index (κ2) is 8.83. The molecule has 3 aromatic rings. The van der Waals surface area contributed by atoms with Crippen molar-refractivity contribution in [3.63, 3.8) is 0 Å². The third-order valence-corrected chi connectivity index (χ3v) is 6.03. The maximum atomic E-state index is 13.3. The molecule has 0 atom stereocenters. The number of para-hydroxylation sites is 1. The fourth-order valence-electron chi connectivity index (χ4n) is 3.97. The Balaban J connectivity index is 1.71. The number of nitrogens with zero attached hydrogens (tertiary/aromatic N) is 2. The second-order valence-electron chi connectivity index (χ2n) is 7.52. The third kappa shape index (κ3) is 4.31. The molecule has 1 heterocycles. The average molecular weight is 467 g/mol. The summed E-state index contributed by atoms with van der Waals surface area (Å²) in [7, 11) is 0. The van der Waals surface area contributed by atoms with Gasteiger partial charge in [0.1, 0.15) is 0 Å². The number of hydrogen-bond acceptors (Lipinski definition) is 3. The molecule has 2 aromatic carbocycles. The molecule has 7 heteroatoms. The van der Waals surface area contributed by atoms with Gasteiger partial charge in [0.05, 0.1) is 22.8 Å². The number of urea groups is 1. The second-order valence-corrected chi connectivity index (χ2v) is 8.44. The topological polar surface area (TPSA) is 88.3 Å². The van der Waals surface area contributed by atoms with Crippen molar-refractivity contribution in [1.29, 1.82) is 0 Å². The van der Waals surface area contributed by atoms with Crippen molar-refractivity contribution in [3.05, 3.63) is 64.6 Å². The first kappa shape index (κ1) is 20.3. The lowest BCUT2D eigenvalue weighted by atomic mass is 9.95. The maximum absolute atomic E-state index is 13.3. The van der Waals surface area contributed by atoms with E-state index in [2.05, 4.69) is 21.4 Å². The minimum absolute atomic E-state index is 0.0701. The number of carbonyl (C=O) groups excluding carboxylic acids is 2. The molecule has 154 valence electrons. The largest absolute Gasteiger partial charge is 0.350 e. The molecule has 3 N–H and O–H groups in total. The van der Waals surface area contributed by atoms with Gasteiger partial charge in [-0.1, -0.05) is 65.5 Å². The molecule has 1 saturated carbocycles. The van der Waals surface area contributed by atoms with Gasteiger partial charge in [0.2, 0.25) is 0 Å². The Morgan fingerprint density at radius 2 is 1.73 bits per heavy atom.